The summed E-state index contributed by atoms with van der Waals surface area (Å²) in [4.78, 5) is -0.449. The molecule has 1 aromatic rings. The summed E-state index contributed by atoms with van der Waals surface area (Å²) >= 11 is 5.50. The molecule has 0 bridgehead atoms. The number of benzene rings is 1. The summed E-state index contributed by atoms with van der Waals surface area (Å²) in [5.74, 6) is 0.179. The number of hydrogen-bond acceptors (Lipinski definition) is 3. The molecule has 0 spiro atoms. The number of rotatable bonds is 6. The first-order chi connectivity index (χ1) is 10.4. The third-order valence-electron chi connectivity index (χ3n) is 3.59. The van der Waals surface area contributed by atoms with E-state index in [0.717, 1.165) is 16.4 Å². The second-order valence-electron chi connectivity index (χ2n) is 5.66. The molecule has 0 saturated heterocycles. The minimum atomic E-state index is -4.72. The lowest BCUT2D eigenvalue weighted by atomic mass is 10.0. The molecule has 2 N–H and O–H groups in total. The van der Waals surface area contributed by atoms with Crippen molar-refractivity contribution in [2.45, 2.75) is 37.4 Å². The van der Waals surface area contributed by atoms with Crippen molar-refractivity contribution in [1.29, 1.82) is 0 Å². The van der Waals surface area contributed by atoms with E-state index in [-0.39, 0.29) is 30.9 Å². The fourth-order valence-electron chi connectivity index (χ4n) is 1.85. The molecule has 0 aliphatic heterocycles. The summed E-state index contributed by atoms with van der Waals surface area (Å²) < 4.78 is 64.3. The fraction of sp³-hybridized carbons (Fsp3) is 0.571. The van der Waals surface area contributed by atoms with Crippen molar-refractivity contribution < 1.29 is 21.6 Å². The second-order valence-corrected chi connectivity index (χ2v) is 8.11. The van der Waals surface area contributed by atoms with Crippen LogP contribution in [0.5, 0.6) is 0 Å². The van der Waals surface area contributed by atoms with Crippen LogP contribution < -0.4 is 5.73 Å². The van der Waals surface area contributed by atoms with Gasteiger partial charge in [0.15, 0.2) is 0 Å². The van der Waals surface area contributed by atoms with Gasteiger partial charge in [0.1, 0.15) is 0 Å². The molecule has 1 rings (SSSR count). The van der Waals surface area contributed by atoms with E-state index in [0.29, 0.717) is 12.5 Å². The van der Waals surface area contributed by atoms with Gasteiger partial charge in [0.25, 0.3) is 0 Å². The first-order valence-electron chi connectivity index (χ1n) is 6.96. The standard InChI is InChI=1S/C14H20ClF3N2O2S.ClH/c1-9(2)13(19)6-7-20(3)23(21,22)10-4-5-12(15)11(8-10)14(16,17)18;/h4-5,8-9,13H,6-7,19H2,1-3H3;1H. The number of hydrogen-bond donors (Lipinski definition) is 1. The van der Waals surface area contributed by atoms with Crippen LogP contribution in [0.1, 0.15) is 25.8 Å². The fourth-order valence-corrected chi connectivity index (χ4v) is 3.28. The minimum absolute atomic E-state index is 0. The summed E-state index contributed by atoms with van der Waals surface area (Å²) in [6.45, 7) is 3.94. The molecule has 0 heterocycles. The van der Waals surface area contributed by atoms with Gasteiger partial charge in [-0.2, -0.15) is 13.2 Å². The Kier molecular flexibility index (Phi) is 8.51. The van der Waals surface area contributed by atoms with E-state index in [2.05, 4.69) is 0 Å². The highest BCUT2D eigenvalue weighted by Crippen LogP contribution is 2.36. The Bertz CT molecular complexity index is 652. The highest BCUT2D eigenvalue weighted by atomic mass is 35.5. The Balaban J connectivity index is 0.00000529. The third kappa shape index (κ3) is 5.77. The lowest BCUT2D eigenvalue weighted by Crippen LogP contribution is -2.34. The van der Waals surface area contributed by atoms with Crippen molar-refractivity contribution in [2.75, 3.05) is 13.6 Å². The van der Waals surface area contributed by atoms with Crippen LogP contribution in [0.3, 0.4) is 0 Å². The van der Waals surface area contributed by atoms with Gasteiger partial charge in [0.2, 0.25) is 10.0 Å². The summed E-state index contributed by atoms with van der Waals surface area (Å²) in [5.41, 5.74) is 4.69. The SMILES string of the molecule is CC(C)C(N)CCN(C)S(=O)(=O)c1ccc(Cl)c(C(F)(F)F)c1.Cl. The number of halogens is 5. The van der Waals surface area contributed by atoms with Gasteiger partial charge in [-0.1, -0.05) is 25.4 Å². The molecule has 0 aliphatic carbocycles. The van der Waals surface area contributed by atoms with E-state index in [1.54, 1.807) is 0 Å². The smallest absolute Gasteiger partial charge is 0.327 e. The van der Waals surface area contributed by atoms with Gasteiger partial charge in [-0.25, -0.2) is 12.7 Å². The molecule has 1 aromatic carbocycles. The lowest BCUT2D eigenvalue weighted by Gasteiger charge is -2.22. The zero-order valence-electron chi connectivity index (χ0n) is 13.5. The molecule has 0 amide bonds. The van der Waals surface area contributed by atoms with Crippen LogP contribution in [0.2, 0.25) is 5.02 Å². The molecule has 0 radical (unpaired) electrons. The number of nitrogens with zero attached hydrogens (tertiary/aromatic N) is 1. The number of sulfonamides is 1. The van der Waals surface area contributed by atoms with E-state index < -0.39 is 31.7 Å². The topological polar surface area (TPSA) is 63.4 Å². The summed E-state index contributed by atoms with van der Waals surface area (Å²) in [5, 5.41) is -0.541. The van der Waals surface area contributed by atoms with E-state index in [1.807, 2.05) is 13.8 Å². The molecular weight excluding hydrogens is 388 g/mol. The molecular formula is C14H21Cl2F3N2O2S. The Labute approximate surface area is 151 Å². The lowest BCUT2D eigenvalue weighted by molar-refractivity contribution is -0.137. The van der Waals surface area contributed by atoms with Gasteiger partial charge in [-0.15, -0.1) is 12.4 Å². The summed E-state index contributed by atoms with van der Waals surface area (Å²) in [7, 11) is -2.73. The first kappa shape index (κ1) is 23.5. The monoisotopic (exact) mass is 408 g/mol. The minimum Gasteiger partial charge on any atom is -0.327 e. The van der Waals surface area contributed by atoms with Crippen molar-refractivity contribution in [2.24, 2.45) is 11.7 Å². The largest absolute Gasteiger partial charge is 0.417 e. The van der Waals surface area contributed by atoms with Crippen molar-refractivity contribution in [3.8, 4) is 0 Å². The van der Waals surface area contributed by atoms with Crippen LogP contribution in [0.25, 0.3) is 0 Å². The predicted octanol–water partition coefficient (Wildman–Crippen LogP) is 3.77. The van der Waals surface area contributed by atoms with Gasteiger partial charge in [-0.05, 0) is 30.5 Å². The van der Waals surface area contributed by atoms with Crippen molar-refractivity contribution in [3.05, 3.63) is 28.8 Å². The first-order valence-corrected chi connectivity index (χ1v) is 8.78. The second kappa shape index (κ2) is 8.71. The average Bonchev–Trinajstić information content (AvgIpc) is 2.42. The Morgan fingerprint density at radius 3 is 2.29 bits per heavy atom. The molecule has 4 nitrogen and oxygen atoms in total. The van der Waals surface area contributed by atoms with E-state index in [9.17, 15) is 21.6 Å². The average molecular weight is 409 g/mol. The third-order valence-corrected chi connectivity index (χ3v) is 5.77. The van der Waals surface area contributed by atoms with Crippen LogP contribution in [-0.2, 0) is 16.2 Å². The van der Waals surface area contributed by atoms with E-state index in [4.69, 9.17) is 17.3 Å². The van der Waals surface area contributed by atoms with Crippen molar-refractivity contribution in [1.82, 2.24) is 4.31 Å². The van der Waals surface area contributed by atoms with Gasteiger partial charge in [0.05, 0.1) is 15.5 Å². The normalized spacial score (nSPS) is 13.9. The zero-order valence-corrected chi connectivity index (χ0v) is 15.9. The van der Waals surface area contributed by atoms with Gasteiger partial charge < -0.3 is 5.73 Å². The van der Waals surface area contributed by atoms with E-state index >= 15 is 0 Å². The summed E-state index contributed by atoms with van der Waals surface area (Å²) in [6.07, 6.45) is -4.31. The predicted molar refractivity (Wildman–Crippen MR) is 90.9 cm³/mol. The van der Waals surface area contributed by atoms with E-state index in [1.165, 1.54) is 7.05 Å². The van der Waals surface area contributed by atoms with Crippen LogP contribution in [-0.4, -0.2) is 32.4 Å². The van der Waals surface area contributed by atoms with Crippen molar-refractivity contribution in [3.63, 3.8) is 0 Å². The van der Waals surface area contributed by atoms with Crippen molar-refractivity contribution >= 4 is 34.0 Å². The molecule has 1 unspecified atom stereocenters. The number of alkyl halides is 3. The maximum absolute atomic E-state index is 12.9. The highest BCUT2D eigenvalue weighted by molar-refractivity contribution is 7.89. The Morgan fingerprint density at radius 1 is 1.29 bits per heavy atom. The Morgan fingerprint density at radius 2 is 1.83 bits per heavy atom. The number of nitrogens with two attached hydrogens (primary N) is 1. The van der Waals surface area contributed by atoms with Gasteiger partial charge in [0, 0.05) is 19.6 Å². The highest BCUT2D eigenvalue weighted by Gasteiger charge is 2.35. The Hall–Kier alpha value is -0.540. The molecule has 1 atom stereocenters. The van der Waals surface area contributed by atoms with Gasteiger partial charge in [-0.3, -0.25) is 0 Å². The molecule has 140 valence electrons. The molecule has 0 fully saturated rings. The molecule has 0 saturated carbocycles. The molecule has 24 heavy (non-hydrogen) atoms. The maximum Gasteiger partial charge on any atom is 0.417 e. The van der Waals surface area contributed by atoms with Crippen LogP contribution in [0, 0.1) is 5.92 Å². The van der Waals surface area contributed by atoms with Crippen LogP contribution in [0.4, 0.5) is 13.2 Å². The molecule has 0 aliphatic rings. The maximum atomic E-state index is 12.9. The quantitative estimate of drug-likeness (QED) is 0.778. The van der Waals surface area contributed by atoms with Crippen LogP contribution in [0.15, 0.2) is 23.1 Å². The molecule has 0 aromatic heterocycles. The zero-order chi connectivity index (χ0) is 18.0. The van der Waals surface area contributed by atoms with Crippen LogP contribution >= 0.6 is 24.0 Å². The summed E-state index contributed by atoms with van der Waals surface area (Å²) in [6, 6.07) is 2.36. The molecule has 10 heteroatoms. The van der Waals surface area contributed by atoms with Gasteiger partial charge >= 0.3 is 6.18 Å².